The summed E-state index contributed by atoms with van der Waals surface area (Å²) in [5.74, 6) is 1.83. The molecule has 0 saturated carbocycles. The number of aliphatic hydroxyl groups excluding tert-OH is 1. The summed E-state index contributed by atoms with van der Waals surface area (Å²) in [7, 11) is 1.81. The van der Waals surface area contributed by atoms with Gasteiger partial charge in [-0.2, -0.15) is 0 Å². The predicted octanol–water partition coefficient (Wildman–Crippen LogP) is 0.335. The van der Waals surface area contributed by atoms with Crippen LogP contribution in [0.25, 0.3) is 0 Å². The average molecular weight is 302 g/mol. The van der Waals surface area contributed by atoms with Gasteiger partial charge in [-0.1, -0.05) is 0 Å². The SMILES string of the molecule is COC12C3=CC(O)CC1c1cc4c(cc1C[NH+]2CC3)OCO4. The van der Waals surface area contributed by atoms with Crippen LogP contribution in [0.3, 0.4) is 0 Å². The normalized spacial score (nSPS) is 37.5. The Balaban J connectivity index is 1.72. The molecule has 0 aromatic heterocycles. The third kappa shape index (κ3) is 1.44. The number of rotatable bonds is 1. The van der Waals surface area contributed by atoms with Gasteiger partial charge in [0.2, 0.25) is 12.5 Å². The number of fused-ring (bicyclic) bond motifs is 3. The van der Waals surface area contributed by atoms with E-state index in [1.54, 1.807) is 0 Å². The molecule has 1 fully saturated rings. The van der Waals surface area contributed by atoms with Crippen LogP contribution in [0, 0.1) is 0 Å². The Kier molecular flexibility index (Phi) is 2.50. The Labute approximate surface area is 129 Å². The monoisotopic (exact) mass is 302 g/mol. The highest BCUT2D eigenvalue weighted by Gasteiger charge is 2.61. The number of quaternary nitrogens is 1. The summed E-state index contributed by atoms with van der Waals surface area (Å²) in [6.45, 7) is 2.28. The van der Waals surface area contributed by atoms with Crippen molar-refractivity contribution in [3.8, 4) is 11.5 Å². The number of aliphatic hydroxyl groups is 1. The van der Waals surface area contributed by atoms with Gasteiger partial charge in [0.25, 0.3) is 0 Å². The van der Waals surface area contributed by atoms with Crippen LogP contribution >= 0.6 is 0 Å². The maximum atomic E-state index is 10.3. The highest BCUT2D eigenvalue weighted by molar-refractivity contribution is 5.52. The molecule has 5 rings (SSSR count). The Morgan fingerprint density at radius 2 is 2.14 bits per heavy atom. The van der Waals surface area contributed by atoms with Crippen molar-refractivity contribution < 1.29 is 24.2 Å². The van der Waals surface area contributed by atoms with Gasteiger partial charge in [0.15, 0.2) is 11.5 Å². The van der Waals surface area contributed by atoms with Crippen molar-refractivity contribution in [2.75, 3.05) is 20.4 Å². The van der Waals surface area contributed by atoms with Crippen LogP contribution < -0.4 is 14.4 Å². The zero-order valence-corrected chi connectivity index (χ0v) is 12.6. The topological polar surface area (TPSA) is 52.4 Å². The first-order valence-corrected chi connectivity index (χ1v) is 7.94. The van der Waals surface area contributed by atoms with Crippen molar-refractivity contribution in [3.63, 3.8) is 0 Å². The van der Waals surface area contributed by atoms with Gasteiger partial charge in [0.05, 0.1) is 18.6 Å². The molecule has 3 heterocycles. The molecule has 5 nitrogen and oxygen atoms in total. The first-order chi connectivity index (χ1) is 10.7. The minimum Gasteiger partial charge on any atom is -0.454 e. The van der Waals surface area contributed by atoms with Crippen LogP contribution in [0.1, 0.15) is 29.9 Å². The van der Waals surface area contributed by atoms with E-state index in [2.05, 4.69) is 12.1 Å². The van der Waals surface area contributed by atoms with Crippen LogP contribution in [0.4, 0.5) is 0 Å². The molecule has 22 heavy (non-hydrogen) atoms. The molecule has 5 heteroatoms. The molecule has 1 saturated heterocycles. The highest BCUT2D eigenvalue weighted by Crippen LogP contribution is 2.49. The van der Waals surface area contributed by atoms with Gasteiger partial charge < -0.3 is 19.3 Å². The zero-order chi connectivity index (χ0) is 14.9. The quantitative estimate of drug-likeness (QED) is 0.734. The van der Waals surface area contributed by atoms with Gasteiger partial charge in [-0.05, 0) is 30.2 Å². The third-order valence-corrected chi connectivity index (χ3v) is 5.80. The van der Waals surface area contributed by atoms with Crippen LogP contribution in [0.2, 0.25) is 0 Å². The smallest absolute Gasteiger partial charge is 0.231 e. The van der Waals surface area contributed by atoms with Gasteiger partial charge >= 0.3 is 0 Å². The van der Waals surface area contributed by atoms with Crippen LogP contribution in [0.5, 0.6) is 11.5 Å². The maximum absolute atomic E-state index is 10.3. The molecule has 0 amide bonds. The Hall–Kier alpha value is -1.56. The molecule has 1 aromatic rings. The maximum Gasteiger partial charge on any atom is 0.231 e. The van der Waals surface area contributed by atoms with Crippen LogP contribution in [0.15, 0.2) is 23.8 Å². The largest absolute Gasteiger partial charge is 0.454 e. The van der Waals surface area contributed by atoms with Crippen molar-refractivity contribution in [2.45, 2.75) is 37.1 Å². The summed E-state index contributed by atoms with van der Waals surface area (Å²) in [5.41, 5.74) is 3.51. The molecule has 116 valence electrons. The van der Waals surface area contributed by atoms with Gasteiger partial charge in [-0.25, -0.2) is 0 Å². The Bertz CT molecular complexity index is 685. The second kappa shape index (κ2) is 4.25. The second-order valence-corrected chi connectivity index (χ2v) is 6.67. The molecule has 0 spiro atoms. The van der Waals surface area contributed by atoms with E-state index in [4.69, 9.17) is 14.2 Å². The van der Waals surface area contributed by atoms with Crippen molar-refractivity contribution in [3.05, 3.63) is 34.9 Å². The molecule has 1 aliphatic carbocycles. The first-order valence-electron chi connectivity index (χ1n) is 7.94. The number of benzene rings is 1. The molecule has 4 aliphatic rings. The molecule has 0 radical (unpaired) electrons. The molecule has 4 atom stereocenters. The lowest BCUT2D eigenvalue weighted by atomic mass is 9.72. The molecule has 2 N–H and O–H groups in total. The van der Waals surface area contributed by atoms with E-state index in [1.807, 2.05) is 13.2 Å². The first kappa shape index (κ1) is 12.9. The highest BCUT2D eigenvalue weighted by atomic mass is 16.7. The summed E-state index contributed by atoms with van der Waals surface area (Å²) < 4.78 is 17.2. The van der Waals surface area contributed by atoms with Crippen molar-refractivity contribution in [2.24, 2.45) is 0 Å². The van der Waals surface area contributed by atoms with Crippen LogP contribution in [-0.4, -0.2) is 37.4 Å². The molecule has 3 aliphatic heterocycles. The van der Waals surface area contributed by atoms with Crippen molar-refractivity contribution >= 4 is 0 Å². The number of methoxy groups -OCH3 is 1. The fourth-order valence-electron chi connectivity index (χ4n) is 4.96. The molecule has 1 aromatic carbocycles. The molecular weight excluding hydrogens is 282 g/mol. The van der Waals surface area contributed by atoms with Gasteiger partial charge in [-0.3, -0.25) is 4.90 Å². The second-order valence-electron chi connectivity index (χ2n) is 6.67. The van der Waals surface area contributed by atoms with E-state index in [1.165, 1.54) is 21.6 Å². The number of hydrogen-bond donors (Lipinski definition) is 2. The lowest BCUT2D eigenvalue weighted by Crippen LogP contribution is -3.19. The third-order valence-electron chi connectivity index (χ3n) is 5.80. The van der Waals surface area contributed by atoms with E-state index < -0.39 is 0 Å². The molecule has 0 bridgehead atoms. The Morgan fingerprint density at radius 3 is 2.95 bits per heavy atom. The van der Waals surface area contributed by atoms with Gasteiger partial charge in [-0.15, -0.1) is 0 Å². The van der Waals surface area contributed by atoms with Gasteiger partial charge in [0.1, 0.15) is 6.54 Å². The number of ether oxygens (including phenoxy) is 3. The minimum absolute atomic E-state index is 0.170. The summed E-state index contributed by atoms with van der Waals surface area (Å²) in [5, 5.41) is 10.3. The zero-order valence-electron chi connectivity index (χ0n) is 12.6. The van der Waals surface area contributed by atoms with Crippen molar-refractivity contribution in [1.82, 2.24) is 0 Å². The summed E-state index contributed by atoms with van der Waals surface area (Å²) in [6, 6.07) is 4.22. The van der Waals surface area contributed by atoms with E-state index in [9.17, 15) is 5.11 Å². The average Bonchev–Trinajstić information content (AvgIpc) is 3.10. The summed E-state index contributed by atoms with van der Waals surface area (Å²) >= 11 is 0. The van der Waals surface area contributed by atoms with E-state index in [0.29, 0.717) is 13.2 Å². The molecule has 4 unspecified atom stereocenters. The predicted molar refractivity (Wildman–Crippen MR) is 77.9 cm³/mol. The summed E-state index contributed by atoms with van der Waals surface area (Å²) in [6.07, 6.45) is 3.33. The number of hydrogen-bond acceptors (Lipinski definition) is 4. The van der Waals surface area contributed by atoms with E-state index in [0.717, 1.165) is 31.0 Å². The van der Waals surface area contributed by atoms with Crippen molar-refractivity contribution in [1.29, 1.82) is 0 Å². The van der Waals surface area contributed by atoms with Crippen LogP contribution in [-0.2, 0) is 11.3 Å². The number of nitrogens with one attached hydrogen (secondary N) is 1. The standard InChI is InChI=1S/C17H19NO4/c1-20-17-11-2-3-18(17)8-10-4-15-16(22-9-21-15)7-13(10)14(17)6-12(19)5-11/h4-5,7,12,14,19H,2-3,6,8-9H2,1H3/p+1. The van der Waals surface area contributed by atoms with Gasteiger partial charge in [0, 0.05) is 24.7 Å². The lowest BCUT2D eigenvalue weighted by molar-refractivity contribution is -0.978. The summed E-state index contributed by atoms with van der Waals surface area (Å²) in [4.78, 5) is 1.45. The fourth-order valence-corrected chi connectivity index (χ4v) is 4.96. The lowest BCUT2D eigenvalue weighted by Gasteiger charge is -2.47. The minimum atomic E-state index is -0.390. The van der Waals surface area contributed by atoms with E-state index in [-0.39, 0.29) is 17.7 Å². The molecular formula is C17H20NO4+. The van der Waals surface area contributed by atoms with E-state index >= 15 is 0 Å². The fraction of sp³-hybridized carbons (Fsp3) is 0.529. The Morgan fingerprint density at radius 1 is 1.32 bits per heavy atom.